The highest BCUT2D eigenvalue weighted by molar-refractivity contribution is 7.89. The van der Waals surface area contributed by atoms with Crippen LogP contribution < -0.4 is 5.14 Å². The van der Waals surface area contributed by atoms with Crippen LogP contribution in [-0.4, -0.2) is 66.1 Å². The predicted octanol–water partition coefficient (Wildman–Crippen LogP) is 3.09. The first-order valence-electron chi connectivity index (χ1n) is 13.0. The number of alkyl halides is 3. The van der Waals surface area contributed by atoms with Gasteiger partial charge < -0.3 is 19.5 Å². The molecule has 2 heterocycles. The lowest BCUT2D eigenvalue weighted by Crippen LogP contribution is -2.39. The van der Waals surface area contributed by atoms with E-state index in [1.54, 1.807) is 12.1 Å². The van der Waals surface area contributed by atoms with E-state index in [1.165, 1.54) is 36.2 Å². The normalized spacial score (nSPS) is 15.7. The highest BCUT2D eigenvalue weighted by Gasteiger charge is 2.35. The van der Waals surface area contributed by atoms with Gasteiger partial charge >= 0.3 is 18.1 Å². The Morgan fingerprint density at radius 3 is 2.43 bits per heavy atom. The van der Waals surface area contributed by atoms with Crippen molar-refractivity contribution in [2.24, 2.45) is 10.4 Å². The van der Waals surface area contributed by atoms with Crippen molar-refractivity contribution in [2.45, 2.75) is 43.3 Å². The van der Waals surface area contributed by atoms with E-state index in [2.05, 4.69) is 20.0 Å². The molecule has 1 fully saturated rings. The molecule has 2 N–H and O–H groups in total. The lowest BCUT2D eigenvalue weighted by atomic mass is 10.1. The van der Waals surface area contributed by atoms with Crippen LogP contribution in [0.3, 0.4) is 0 Å². The van der Waals surface area contributed by atoms with E-state index in [9.17, 15) is 36.4 Å². The Bertz CT molecular complexity index is 1630. The molecule has 1 saturated heterocycles. The minimum atomic E-state index is -4.74. The lowest BCUT2D eigenvalue weighted by molar-refractivity contribution is -0.715. The van der Waals surface area contributed by atoms with Crippen molar-refractivity contribution in [3.05, 3.63) is 71.1 Å². The maximum atomic E-state index is 13.5. The SMILES string of the molecule is CC(=O)OCO/N=[N+](\[O-])N1CCC[C@H]1COC(=O)Cc1ccc(-c2cc(C(F)(F)F)nn2-c2ccc(S(N)(=O)=O)cc2)cc1. The quantitative estimate of drug-likeness (QED) is 0.0817. The van der Waals surface area contributed by atoms with Gasteiger partial charge in [-0.3, -0.25) is 9.59 Å². The number of carbonyl (C=O) groups is 2. The second-order valence-corrected chi connectivity index (χ2v) is 11.2. The molecule has 0 aliphatic carbocycles. The fraction of sp³-hybridized carbons (Fsp3) is 0.346. The largest absolute Gasteiger partial charge is 0.569 e. The zero-order valence-electron chi connectivity index (χ0n) is 23.1. The fourth-order valence-corrected chi connectivity index (χ4v) is 4.86. The van der Waals surface area contributed by atoms with Crippen LogP contribution in [0, 0.1) is 5.21 Å². The second-order valence-electron chi connectivity index (χ2n) is 9.60. The molecular weight excluding hydrogens is 613 g/mol. The summed E-state index contributed by atoms with van der Waals surface area (Å²) < 4.78 is 74.6. The molecule has 4 rings (SSSR count). The minimum Gasteiger partial charge on any atom is -0.569 e. The van der Waals surface area contributed by atoms with Gasteiger partial charge in [-0.2, -0.15) is 18.3 Å². The van der Waals surface area contributed by atoms with Gasteiger partial charge in [0.15, 0.2) is 5.69 Å². The van der Waals surface area contributed by atoms with Crippen LogP contribution in [0.25, 0.3) is 16.9 Å². The Hall–Kier alpha value is -4.71. The molecule has 14 nitrogen and oxygen atoms in total. The van der Waals surface area contributed by atoms with E-state index < -0.39 is 46.7 Å². The van der Waals surface area contributed by atoms with Crippen LogP contribution in [0.1, 0.15) is 31.0 Å². The van der Waals surface area contributed by atoms with Gasteiger partial charge in [-0.1, -0.05) is 24.3 Å². The molecular formula is C26H27F3N6O8S. The highest BCUT2D eigenvalue weighted by atomic mass is 32.2. The summed E-state index contributed by atoms with van der Waals surface area (Å²) in [5, 5.41) is 25.6. The molecule has 44 heavy (non-hydrogen) atoms. The number of rotatable bonds is 11. The zero-order chi connectivity index (χ0) is 32.1. The maximum Gasteiger partial charge on any atom is 0.435 e. The van der Waals surface area contributed by atoms with Crippen molar-refractivity contribution >= 4 is 22.0 Å². The number of primary sulfonamides is 1. The summed E-state index contributed by atoms with van der Waals surface area (Å²) in [4.78, 5) is 27.9. The molecule has 1 aliphatic rings. The number of nitrogens with zero attached hydrogens (tertiary/aromatic N) is 5. The van der Waals surface area contributed by atoms with Crippen LogP contribution in [0.5, 0.6) is 0 Å². The third-order valence-corrected chi connectivity index (χ3v) is 7.38. The van der Waals surface area contributed by atoms with Gasteiger partial charge in [0.25, 0.3) is 6.79 Å². The van der Waals surface area contributed by atoms with E-state index >= 15 is 0 Å². The van der Waals surface area contributed by atoms with Gasteiger partial charge in [0.2, 0.25) is 15.3 Å². The van der Waals surface area contributed by atoms with Crippen molar-refractivity contribution in [3.63, 3.8) is 0 Å². The summed E-state index contributed by atoms with van der Waals surface area (Å²) in [6.45, 7) is 0.888. The van der Waals surface area contributed by atoms with Crippen LogP contribution in [0.2, 0.25) is 0 Å². The molecule has 1 atom stereocenters. The molecule has 1 aliphatic heterocycles. The van der Waals surface area contributed by atoms with E-state index in [4.69, 9.17) is 9.88 Å². The number of nitrogens with two attached hydrogens (primary N) is 1. The molecule has 0 spiro atoms. The molecule has 0 bridgehead atoms. The number of esters is 2. The molecule has 0 radical (unpaired) electrons. The highest BCUT2D eigenvalue weighted by Crippen LogP contribution is 2.33. The van der Waals surface area contributed by atoms with Crippen LogP contribution >= 0.6 is 0 Å². The summed E-state index contributed by atoms with van der Waals surface area (Å²) >= 11 is 0. The molecule has 2 aromatic carbocycles. The molecule has 0 saturated carbocycles. The number of benzene rings is 2. The average molecular weight is 641 g/mol. The Balaban J connectivity index is 1.42. The van der Waals surface area contributed by atoms with Gasteiger partial charge in [0.1, 0.15) is 12.6 Å². The monoisotopic (exact) mass is 640 g/mol. The maximum absolute atomic E-state index is 13.5. The number of hydrazine groups is 1. The summed E-state index contributed by atoms with van der Waals surface area (Å²) in [5.41, 5.74) is -0.0621. The minimum absolute atomic E-state index is 0.0700. The Labute approximate surface area is 249 Å². The van der Waals surface area contributed by atoms with E-state index in [0.29, 0.717) is 30.5 Å². The number of hydrogen-bond acceptors (Lipinski definition) is 10. The molecule has 0 unspecified atom stereocenters. The smallest absolute Gasteiger partial charge is 0.435 e. The van der Waals surface area contributed by atoms with Crippen molar-refractivity contribution < 1.29 is 50.5 Å². The van der Waals surface area contributed by atoms with Gasteiger partial charge in [-0.25, -0.2) is 18.2 Å². The van der Waals surface area contributed by atoms with Crippen LogP contribution in [0.15, 0.2) is 64.8 Å². The third-order valence-electron chi connectivity index (χ3n) is 6.45. The van der Waals surface area contributed by atoms with Crippen molar-refractivity contribution in [2.75, 3.05) is 19.9 Å². The van der Waals surface area contributed by atoms with Gasteiger partial charge in [0, 0.05) is 12.5 Å². The Kier molecular flexibility index (Phi) is 9.73. The molecule has 18 heteroatoms. The third kappa shape index (κ3) is 8.22. The van der Waals surface area contributed by atoms with Crippen LogP contribution in [0.4, 0.5) is 13.2 Å². The number of hydrogen-bond donors (Lipinski definition) is 1. The number of ether oxygens (including phenoxy) is 2. The van der Waals surface area contributed by atoms with Gasteiger partial charge in [0.05, 0.1) is 34.2 Å². The number of aromatic nitrogens is 2. The standard InChI is InChI=1S/C26H27F3N6O8S/c1-17(36)42-16-43-32-35(38)33-12-2-3-21(33)15-41-25(37)13-18-4-6-19(7-5-18)23-14-24(26(27,28)29)31-34(23)20-8-10-22(11-9-20)44(30,39)40/h4-11,14,21H,2-3,12-13,15-16H2,1H3,(H2,30,39,40)/b35-32-/t21-/m0/s1. The molecule has 0 amide bonds. The van der Waals surface area contributed by atoms with Crippen molar-refractivity contribution in [1.29, 1.82) is 0 Å². The van der Waals surface area contributed by atoms with E-state index in [0.717, 1.165) is 22.9 Å². The molecule has 236 valence electrons. The first-order chi connectivity index (χ1) is 20.7. The summed E-state index contributed by atoms with van der Waals surface area (Å²) in [6, 6.07) is 11.4. The molecule has 1 aromatic heterocycles. The molecule has 3 aromatic rings. The summed E-state index contributed by atoms with van der Waals surface area (Å²) in [7, 11) is -4.01. The number of sulfonamides is 1. The fourth-order valence-electron chi connectivity index (χ4n) is 4.34. The van der Waals surface area contributed by atoms with Crippen LogP contribution in [-0.2, 0) is 46.5 Å². The zero-order valence-corrected chi connectivity index (χ0v) is 24.0. The summed E-state index contributed by atoms with van der Waals surface area (Å²) in [6.07, 6.45) is -3.69. The first kappa shape index (κ1) is 32.2. The average Bonchev–Trinajstić information content (AvgIpc) is 3.62. The van der Waals surface area contributed by atoms with Crippen molar-refractivity contribution in [3.8, 4) is 16.9 Å². The number of carbonyl (C=O) groups excluding carboxylic acids is 2. The Morgan fingerprint density at radius 2 is 1.82 bits per heavy atom. The van der Waals surface area contributed by atoms with E-state index in [-0.39, 0.29) is 34.3 Å². The van der Waals surface area contributed by atoms with E-state index in [1.807, 2.05) is 0 Å². The topological polar surface area (TPSA) is 181 Å². The van der Waals surface area contributed by atoms with Crippen molar-refractivity contribution in [1.82, 2.24) is 14.8 Å². The predicted molar refractivity (Wildman–Crippen MR) is 144 cm³/mol. The first-order valence-corrected chi connectivity index (χ1v) is 14.5. The van der Waals surface area contributed by atoms with Gasteiger partial charge in [-0.15, -0.1) is 5.01 Å². The number of halogens is 3. The Morgan fingerprint density at radius 1 is 1.14 bits per heavy atom. The summed E-state index contributed by atoms with van der Waals surface area (Å²) in [5.74, 6) is -1.19. The van der Waals surface area contributed by atoms with Gasteiger partial charge in [-0.05, 0) is 48.7 Å². The lowest BCUT2D eigenvalue weighted by Gasteiger charge is -2.19. The second kappa shape index (κ2) is 13.3.